The topological polar surface area (TPSA) is 36.4 Å². The summed E-state index contributed by atoms with van der Waals surface area (Å²) in [5.74, 6) is 1.11. The second-order valence-corrected chi connectivity index (χ2v) is 9.20. The maximum absolute atomic E-state index is 6.13. The molecule has 4 rings (SSSR count). The fourth-order valence-electron chi connectivity index (χ4n) is 3.89. The lowest BCUT2D eigenvalue weighted by Gasteiger charge is -2.43. The van der Waals surface area contributed by atoms with Gasteiger partial charge in [0.1, 0.15) is 5.84 Å². The highest BCUT2D eigenvalue weighted by molar-refractivity contribution is 9.13. The van der Waals surface area contributed by atoms with Crippen molar-refractivity contribution in [2.75, 3.05) is 18.4 Å². The minimum Gasteiger partial charge on any atom is -0.343 e. The molecule has 0 aliphatic carbocycles. The zero-order chi connectivity index (χ0) is 18.1. The van der Waals surface area contributed by atoms with Gasteiger partial charge in [0.15, 0.2) is 0 Å². The van der Waals surface area contributed by atoms with E-state index in [9.17, 15) is 0 Å². The predicted octanol–water partition coefficient (Wildman–Crippen LogP) is 5.80. The molecule has 1 saturated heterocycles. The first-order valence-electron chi connectivity index (χ1n) is 8.81. The molecule has 26 heavy (non-hydrogen) atoms. The highest BCUT2D eigenvalue weighted by Gasteiger charge is 2.41. The number of halogens is 3. The van der Waals surface area contributed by atoms with Crippen molar-refractivity contribution in [2.24, 2.45) is 10.4 Å². The average molecular weight is 498 g/mol. The minimum atomic E-state index is 0.0874. The van der Waals surface area contributed by atoms with E-state index in [-0.39, 0.29) is 5.41 Å². The summed E-state index contributed by atoms with van der Waals surface area (Å²) >= 11 is 13.4. The number of benzene rings is 2. The smallest absolute Gasteiger partial charge is 0.108 e. The van der Waals surface area contributed by atoms with E-state index < -0.39 is 0 Å². The number of nitrogens with one attached hydrogen (secondary N) is 2. The summed E-state index contributed by atoms with van der Waals surface area (Å²) in [6.07, 6.45) is 3.22. The van der Waals surface area contributed by atoms with Crippen molar-refractivity contribution < 1.29 is 0 Å². The zero-order valence-corrected chi connectivity index (χ0v) is 18.2. The van der Waals surface area contributed by atoms with Crippen LogP contribution in [-0.4, -0.2) is 18.9 Å². The van der Waals surface area contributed by atoms with Crippen LogP contribution in [0.4, 0.5) is 5.69 Å². The Morgan fingerprint density at radius 3 is 2.62 bits per heavy atom. The number of fused-ring (bicyclic) bond motifs is 1. The van der Waals surface area contributed by atoms with Crippen LogP contribution in [0.25, 0.3) is 0 Å². The quantitative estimate of drug-likeness (QED) is 0.550. The van der Waals surface area contributed by atoms with Crippen LogP contribution in [0, 0.1) is 5.41 Å². The Morgan fingerprint density at radius 2 is 1.85 bits per heavy atom. The van der Waals surface area contributed by atoms with Gasteiger partial charge in [-0.15, -0.1) is 0 Å². The van der Waals surface area contributed by atoms with Crippen LogP contribution < -0.4 is 10.6 Å². The highest BCUT2D eigenvalue weighted by atomic mass is 79.9. The van der Waals surface area contributed by atoms with Gasteiger partial charge in [0.05, 0.1) is 6.54 Å². The molecule has 0 atom stereocenters. The molecular formula is C20H20Br2ClN3. The summed E-state index contributed by atoms with van der Waals surface area (Å²) in [5.41, 5.74) is 3.72. The van der Waals surface area contributed by atoms with Gasteiger partial charge in [-0.2, -0.15) is 0 Å². The standard InChI is InChI=1S/C20H20Br2ClN3/c21-16-9-14-11-20(4-6-24-7-5-20)19(26-18(14)10-17(16)22)25-12-13-2-1-3-15(23)8-13/h1-3,8-10,24H,4-7,11-12H2,(H,25,26). The third kappa shape index (κ3) is 3.72. The molecule has 2 aromatic rings. The number of nitrogens with zero attached hydrogens (tertiary/aromatic N) is 1. The molecule has 136 valence electrons. The van der Waals surface area contributed by atoms with Crippen molar-refractivity contribution >= 4 is 55.0 Å². The Hall–Kier alpha value is -0.880. The van der Waals surface area contributed by atoms with Crippen LogP contribution >= 0.6 is 43.5 Å². The van der Waals surface area contributed by atoms with E-state index in [4.69, 9.17) is 16.6 Å². The lowest BCUT2D eigenvalue weighted by molar-refractivity contribution is 0.293. The minimum absolute atomic E-state index is 0.0874. The molecule has 2 aromatic carbocycles. The summed E-state index contributed by atoms with van der Waals surface area (Å²) in [7, 11) is 0. The molecule has 2 N–H and O–H groups in total. The first kappa shape index (κ1) is 18.5. The van der Waals surface area contributed by atoms with Crippen molar-refractivity contribution in [3.05, 3.63) is 61.5 Å². The van der Waals surface area contributed by atoms with Crippen LogP contribution in [0.3, 0.4) is 0 Å². The molecule has 1 spiro atoms. The Balaban J connectivity index is 1.70. The van der Waals surface area contributed by atoms with E-state index in [1.807, 2.05) is 18.2 Å². The molecule has 2 aliphatic rings. The van der Waals surface area contributed by atoms with E-state index in [0.29, 0.717) is 6.54 Å². The summed E-state index contributed by atoms with van der Waals surface area (Å²) in [6.45, 7) is 2.71. The van der Waals surface area contributed by atoms with Crippen molar-refractivity contribution in [2.45, 2.75) is 25.8 Å². The van der Waals surface area contributed by atoms with Gasteiger partial charge >= 0.3 is 0 Å². The molecule has 3 nitrogen and oxygen atoms in total. The Kier molecular flexibility index (Phi) is 5.42. The van der Waals surface area contributed by atoms with Crippen molar-refractivity contribution in [3.63, 3.8) is 0 Å². The molecule has 0 aromatic heterocycles. The Morgan fingerprint density at radius 1 is 1.08 bits per heavy atom. The van der Waals surface area contributed by atoms with Gasteiger partial charge in [-0.05, 0) is 99.6 Å². The van der Waals surface area contributed by atoms with Crippen molar-refractivity contribution in [3.8, 4) is 0 Å². The van der Waals surface area contributed by atoms with Gasteiger partial charge in [0.25, 0.3) is 0 Å². The van der Waals surface area contributed by atoms with E-state index in [0.717, 1.165) is 63.4 Å². The first-order chi connectivity index (χ1) is 12.6. The second-order valence-electron chi connectivity index (χ2n) is 7.05. The van der Waals surface area contributed by atoms with Gasteiger partial charge in [-0.3, -0.25) is 4.99 Å². The maximum atomic E-state index is 6.13. The maximum Gasteiger partial charge on any atom is 0.108 e. The van der Waals surface area contributed by atoms with Crippen LogP contribution in [0.2, 0.25) is 5.02 Å². The fraction of sp³-hybridized carbons (Fsp3) is 0.350. The van der Waals surface area contributed by atoms with Gasteiger partial charge in [-0.1, -0.05) is 23.7 Å². The number of hydrogen-bond acceptors (Lipinski definition) is 2. The van der Waals surface area contributed by atoms with E-state index in [2.05, 4.69) is 60.7 Å². The highest BCUT2D eigenvalue weighted by Crippen LogP contribution is 2.43. The number of hydrogen-bond donors (Lipinski definition) is 2. The van der Waals surface area contributed by atoms with E-state index in [1.165, 1.54) is 5.56 Å². The van der Waals surface area contributed by atoms with Crippen molar-refractivity contribution in [1.29, 1.82) is 0 Å². The number of anilines is 1. The van der Waals surface area contributed by atoms with Crippen LogP contribution in [0.1, 0.15) is 24.0 Å². The van der Waals surface area contributed by atoms with Crippen LogP contribution in [0.5, 0.6) is 0 Å². The Labute approximate surface area is 175 Å². The lowest BCUT2D eigenvalue weighted by atomic mass is 9.71. The van der Waals surface area contributed by atoms with E-state index in [1.54, 1.807) is 0 Å². The van der Waals surface area contributed by atoms with Gasteiger partial charge < -0.3 is 10.6 Å². The van der Waals surface area contributed by atoms with E-state index >= 15 is 0 Å². The molecule has 0 saturated carbocycles. The molecule has 1 fully saturated rings. The monoisotopic (exact) mass is 495 g/mol. The molecule has 0 bridgehead atoms. The largest absolute Gasteiger partial charge is 0.343 e. The molecule has 0 radical (unpaired) electrons. The average Bonchev–Trinajstić information content (AvgIpc) is 2.62. The molecule has 2 aliphatic heterocycles. The lowest BCUT2D eigenvalue weighted by Crippen LogP contribution is -2.48. The number of piperidine rings is 1. The van der Waals surface area contributed by atoms with Gasteiger partial charge in [0, 0.05) is 25.1 Å². The first-order valence-corrected chi connectivity index (χ1v) is 10.8. The molecular weight excluding hydrogens is 478 g/mol. The normalized spacial score (nSPS) is 20.0. The summed E-state index contributed by atoms with van der Waals surface area (Å²) < 4.78 is 2.15. The molecule has 6 heteroatoms. The Bertz CT molecular complexity index is 860. The zero-order valence-electron chi connectivity index (χ0n) is 14.3. The number of amidine groups is 1. The third-order valence-electron chi connectivity index (χ3n) is 5.30. The van der Waals surface area contributed by atoms with Crippen molar-refractivity contribution in [1.82, 2.24) is 5.32 Å². The van der Waals surface area contributed by atoms with Gasteiger partial charge in [0.2, 0.25) is 0 Å². The second kappa shape index (κ2) is 7.63. The van der Waals surface area contributed by atoms with Crippen LogP contribution in [-0.2, 0) is 13.0 Å². The fourth-order valence-corrected chi connectivity index (χ4v) is 4.84. The number of aliphatic imine (C=N–C) groups is 1. The SMILES string of the molecule is Clc1cccc(CN=C2Nc3cc(Br)c(Br)cc3CC23CCNCC3)c1. The third-order valence-corrected chi connectivity index (χ3v) is 7.38. The van der Waals surface area contributed by atoms with Gasteiger partial charge in [-0.25, -0.2) is 0 Å². The molecule has 2 heterocycles. The van der Waals surface area contributed by atoms with Crippen LogP contribution in [0.15, 0.2) is 50.3 Å². The summed E-state index contributed by atoms with van der Waals surface area (Å²) in [4.78, 5) is 5.01. The molecule has 0 amide bonds. The number of rotatable bonds is 2. The molecule has 0 unspecified atom stereocenters. The predicted molar refractivity (Wildman–Crippen MR) is 116 cm³/mol. The summed E-state index contributed by atoms with van der Waals surface area (Å²) in [6, 6.07) is 12.3. The summed E-state index contributed by atoms with van der Waals surface area (Å²) in [5, 5.41) is 7.89.